The zero-order chi connectivity index (χ0) is 25.7. The molecule has 190 valence electrons. The molecule has 10 heteroatoms. The van der Waals surface area contributed by atoms with Crippen molar-refractivity contribution in [1.82, 2.24) is 4.90 Å². The summed E-state index contributed by atoms with van der Waals surface area (Å²) in [5, 5.41) is 0.254. The Hall–Kier alpha value is -3.43. The minimum absolute atomic E-state index is 0.0917. The van der Waals surface area contributed by atoms with Gasteiger partial charge >= 0.3 is 0 Å². The molecule has 1 saturated heterocycles. The van der Waals surface area contributed by atoms with Gasteiger partial charge in [0.25, 0.3) is 10.0 Å². The van der Waals surface area contributed by atoms with E-state index < -0.39 is 10.0 Å². The number of ether oxygens (including phenoxy) is 2. The highest BCUT2D eigenvalue weighted by Gasteiger charge is 2.30. The molecule has 0 spiro atoms. The SMILES string of the molecule is COc1ccc(N2CCN(C(=O)CN(c3ccc(OC)c(Cl)c3)S(=O)(=O)c3ccccc3)CC2)cc1. The summed E-state index contributed by atoms with van der Waals surface area (Å²) < 4.78 is 38.7. The molecule has 1 fully saturated rings. The van der Waals surface area contributed by atoms with Crippen molar-refractivity contribution in [2.75, 3.05) is 56.1 Å². The summed E-state index contributed by atoms with van der Waals surface area (Å²) in [4.78, 5) is 17.3. The van der Waals surface area contributed by atoms with Gasteiger partial charge in [-0.25, -0.2) is 8.42 Å². The van der Waals surface area contributed by atoms with Crippen LogP contribution in [0.4, 0.5) is 11.4 Å². The molecule has 0 unspecified atom stereocenters. The van der Waals surface area contributed by atoms with E-state index in [1.165, 1.54) is 25.3 Å². The van der Waals surface area contributed by atoms with Crippen LogP contribution in [-0.4, -0.2) is 66.2 Å². The first-order chi connectivity index (χ1) is 17.3. The number of halogens is 1. The van der Waals surface area contributed by atoms with Crippen LogP contribution >= 0.6 is 11.6 Å². The molecule has 8 nitrogen and oxygen atoms in total. The van der Waals surface area contributed by atoms with Crippen LogP contribution in [0.25, 0.3) is 0 Å². The molecule has 3 aromatic carbocycles. The van der Waals surface area contributed by atoms with E-state index in [-0.39, 0.29) is 28.1 Å². The van der Waals surface area contributed by atoms with E-state index in [0.29, 0.717) is 31.9 Å². The number of nitrogens with zero attached hydrogens (tertiary/aromatic N) is 3. The maximum atomic E-state index is 13.6. The molecule has 1 heterocycles. The van der Waals surface area contributed by atoms with Crippen LogP contribution in [-0.2, 0) is 14.8 Å². The summed E-state index contributed by atoms with van der Waals surface area (Å²) in [6.45, 7) is 1.89. The number of amides is 1. The van der Waals surface area contributed by atoms with Crippen molar-refractivity contribution in [1.29, 1.82) is 0 Å². The van der Waals surface area contributed by atoms with Crippen LogP contribution in [0, 0.1) is 0 Å². The highest BCUT2D eigenvalue weighted by molar-refractivity contribution is 7.92. The summed E-state index contributed by atoms with van der Waals surface area (Å²) in [5.41, 5.74) is 1.33. The fourth-order valence-corrected chi connectivity index (χ4v) is 5.75. The van der Waals surface area contributed by atoms with Crippen molar-refractivity contribution in [2.45, 2.75) is 4.90 Å². The largest absolute Gasteiger partial charge is 0.497 e. The third-order valence-corrected chi connectivity index (χ3v) is 8.19. The minimum atomic E-state index is -4.02. The predicted octanol–water partition coefficient (Wildman–Crippen LogP) is 3.90. The molecule has 0 bridgehead atoms. The molecule has 1 aliphatic heterocycles. The maximum absolute atomic E-state index is 13.6. The number of methoxy groups -OCH3 is 2. The molecule has 4 rings (SSSR count). The second kappa shape index (κ2) is 11.1. The summed E-state index contributed by atoms with van der Waals surface area (Å²) in [5.74, 6) is 0.917. The first kappa shape index (κ1) is 25.7. The topological polar surface area (TPSA) is 79.4 Å². The molecular weight excluding hydrogens is 502 g/mol. The highest BCUT2D eigenvalue weighted by Crippen LogP contribution is 2.32. The molecule has 3 aromatic rings. The molecule has 1 amide bonds. The van der Waals surface area contributed by atoms with Crippen molar-refractivity contribution in [3.05, 3.63) is 77.8 Å². The van der Waals surface area contributed by atoms with Crippen LogP contribution < -0.4 is 18.7 Å². The van der Waals surface area contributed by atoms with Gasteiger partial charge in [0.2, 0.25) is 5.91 Å². The summed E-state index contributed by atoms with van der Waals surface area (Å²) in [7, 11) is -0.914. The van der Waals surface area contributed by atoms with E-state index in [1.54, 1.807) is 42.3 Å². The number of piperazine rings is 1. The van der Waals surface area contributed by atoms with Crippen molar-refractivity contribution in [3.8, 4) is 11.5 Å². The van der Waals surface area contributed by atoms with E-state index >= 15 is 0 Å². The number of rotatable bonds is 8. The molecule has 0 saturated carbocycles. The second-order valence-electron chi connectivity index (χ2n) is 8.21. The molecule has 0 aliphatic carbocycles. The van der Waals surface area contributed by atoms with Gasteiger partial charge in [0.1, 0.15) is 18.0 Å². The lowest BCUT2D eigenvalue weighted by Gasteiger charge is -2.37. The zero-order valence-electron chi connectivity index (χ0n) is 20.1. The Balaban J connectivity index is 1.53. The molecule has 0 atom stereocenters. The van der Waals surface area contributed by atoms with E-state index in [9.17, 15) is 13.2 Å². The Kier molecular flexibility index (Phi) is 7.91. The van der Waals surface area contributed by atoms with Gasteiger partial charge < -0.3 is 19.3 Å². The van der Waals surface area contributed by atoms with Crippen LogP contribution in [0.2, 0.25) is 5.02 Å². The molecule has 36 heavy (non-hydrogen) atoms. The Morgan fingerprint density at radius 1 is 0.917 bits per heavy atom. The lowest BCUT2D eigenvalue weighted by Crippen LogP contribution is -2.52. The normalized spacial score (nSPS) is 13.9. The van der Waals surface area contributed by atoms with E-state index in [2.05, 4.69) is 4.90 Å². The number of carbonyl (C=O) groups is 1. The van der Waals surface area contributed by atoms with Crippen molar-refractivity contribution >= 4 is 38.9 Å². The maximum Gasteiger partial charge on any atom is 0.264 e. The monoisotopic (exact) mass is 529 g/mol. The van der Waals surface area contributed by atoms with Gasteiger partial charge in [-0.05, 0) is 54.6 Å². The molecule has 0 radical (unpaired) electrons. The Labute approximate surface area is 216 Å². The van der Waals surface area contributed by atoms with Gasteiger partial charge in [0.05, 0.1) is 29.8 Å². The van der Waals surface area contributed by atoms with Gasteiger partial charge in [-0.1, -0.05) is 29.8 Å². The van der Waals surface area contributed by atoms with E-state index in [1.807, 2.05) is 24.3 Å². The van der Waals surface area contributed by atoms with Gasteiger partial charge in [-0.3, -0.25) is 9.10 Å². The molecule has 0 N–H and O–H groups in total. The van der Waals surface area contributed by atoms with Crippen LogP contribution in [0.15, 0.2) is 77.7 Å². The fraction of sp³-hybridized carbons (Fsp3) is 0.269. The molecule has 0 aromatic heterocycles. The minimum Gasteiger partial charge on any atom is -0.497 e. The average molecular weight is 530 g/mol. The quantitative estimate of drug-likeness (QED) is 0.440. The lowest BCUT2D eigenvalue weighted by atomic mass is 10.2. The average Bonchev–Trinajstić information content (AvgIpc) is 2.92. The fourth-order valence-electron chi connectivity index (χ4n) is 4.08. The summed E-state index contributed by atoms with van der Waals surface area (Å²) in [6.07, 6.45) is 0. The number of hydrogen-bond donors (Lipinski definition) is 0. The van der Waals surface area contributed by atoms with Crippen LogP contribution in [0.1, 0.15) is 0 Å². The van der Waals surface area contributed by atoms with Gasteiger partial charge in [0, 0.05) is 31.9 Å². The number of anilines is 2. The van der Waals surface area contributed by atoms with Crippen molar-refractivity contribution in [3.63, 3.8) is 0 Å². The van der Waals surface area contributed by atoms with Gasteiger partial charge in [-0.2, -0.15) is 0 Å². The summed E-state index contributed by atoms with van der Waals surface area (Å²) >= 11 is 6.29. The van der Waals surface area contributed by atoms with Crippen LogP contribution in [0.5, 0.6) is 11.5 Å². The number of benzene rings is 3. The van der Waals surface area contributed by atoms with E-state index in [0.717, 1.165) is 15.7 Å². The summed E-state index contributed by atoms with van der Waals surface area (Å²) in [6, 6.07) is 20.5. The molecule has 1 aliphatic rings. The van der Waals surface area contributed by atoms with Crippen molar-refractivity contribution in [2.24, 2.45) is 0 Å². The highest BCUT2D eigenvalue weighted by atomic mass is 35.5. The Morgan fingerprint density at radius 3 is 2.17 bits per heavy atom. The third kappa shape index (κ3) is 5.52. The lowest BCUT2D eigenvalue weighted by molar-refractivity contribution is -0.129. The van der Waals surface area contributed by atoms with Crippen LogP contribution in [0.3, 0.4) is 0 Å². The third-order valence-electron chi connectivity index (χ3n) is 6.10. The number of sulfonamides is 1. The number of carbonyl (C=O) groups excluding carboxylic acids is 1. The van der Waals surface area contributed by atoms with E-state index in [4.69, 9.17) is 21.1 Å². The Morgan fingerprint density at radius 2 is 1.58 bits per heavy atom. The van der Waals surface area contributed by atoms with Crippen molar-refractivity contribution < 1.29 is 22.7 Å². The Bertz CT molecular complexity index is 1290. The second-order valence-corrected chi connectivity index (χ2v) is 10.5. The first-order valence-electron chi connectivity index (χ1n) is 11.4. The first-order valence-corrected chi connectivity index (χ1v) is 13.2. The predicted molar refractivity (Wildman–Crippen MR) is 141 cm³/mol. The standard InChI is InChI=1S/C26H28ClN3O5S/c1-34-22-11-8-20(9-12-22)28-14-16-29(17-15-28)26(31)19-30(21-10-13-25(35-2)24(27)18-21)36(32,33)23-6-4-3-5-7-23/h3-13,18H,14-17,19H2,1-2H3. The van der Waals surface area contributed by atoms with Gasteiger partial charge in [-0.15, -0.1) is 0 Å². The smallest absolute Gasteiger partial charge is 0.264 e. The zero-order valence-corrected chi connectivity index (χ0v) is 21.7. The molecular formula is C26H28ClN3O5S. The number of hydrogen-bond acceptors (Lipinski definition) is 6. The van der Waals surface area contributed by atoms with Gasteiger partial charge in [0.15, 0.2) is 0 Å².